The summed E-state index contributed by atoms with van der Waals surface area (Å²) in [6, 6.07) is 8.72. The van der Waals surface area contributed by atoms with Crippen molar-refractivity contribution in [3.05, 3.63) is 35.5 Å². The average molecular weight is 230 g/mol. The molecule has 0 N–H and O–H groups in total. The number of likely N-dealkylation sites (N-methyl/N-ethyl adjacent to an activating group) is 1. The lowest BCUT2D eigenvalue weighted by atomic mass is 10.1. The van der Waals surface area contributed by atoms with Gasteiger partial charge in [-0.3, -0.25) is 0 Å². The zero-order valence-electron chi connectivity index (χ0n) is 11.3. The third-order valence-electron chi connectivity index (χ3n) is 3.49. The minimum Gasteiger partial charge on any atom is -0.347 e. The zero-order chi connectivity index (χ0) is 12.4. The summed E-state index contributed by atoms with van der Waals surface area (Å²) < 4.78 is 2.36. The highest BCUT2D eigenvalue weighted by Crippen LogP contribution is 2.26. The van der Waals surface area contributed by atoms with Crippen LogP contribution < -0.4 is 0 Å². The van der Waals surface area contributed by atoms with Crippen molar-refractivity contribution in [1.29, 1.82) is 0 Å². The summed E-state index contributed by atoms with van der Waals surface area (Å²) in [6.07, 6.45) is 2.24. The largest absolute Gasteiger partial charge is 0.347 e. The first-order valence-corrected chi connectivity index (χ1v) is 6.35. The highest BCUT2D eigenvalue weighted by Gasteiger charge is 2.12. The maximum atomic E-state index is 2.36. The topological polar surface area (TPSA) is 8.17 Å². The van der Waals surface area contributed by atoms with Crippen molar-refractivity contribution in [1.82, 2.24) is 9.47 Å². The molecule has 0 radical (unpaired) electrons. The molecule has 0 aliphatic heterocycles. The number of hydrogen-bond donors (Lipinski definition) is 0. The van der Waals surface area contributed by atoms with Gasteiger partial charge in [-0.25, -0.2) is 0 Å². The van der Waals surface area contributed by atoms with E-state index in [0.29, 0.717) is 0 Å². The molecule has 0 unspecified atom stereocenters. The Morgan fingerprint density at radius 3 is 2.53 bits per heavy atom. The van der Waals surface area contributed by atoms with Crippen LogP contribution in [-0.4, -0.2) is 30.1 Å². The first-order chi connectivity index (χ1) is 8.15. The monoisotopic (exact) mass is 230 g/mol. The molecule has 1 heterocycles. The van der Waals surface area contributed by atoms with E-state index in [2.05, 4.69) is 61.8 Å². The molecule has 2 heteroatoms. The van der Waals surface area contributed by atoms with Gasteiger partial charge < -0.3 is 9.47 Å². The lowest BCUT2D eigenvalue weighted by Crippen LogP contribution is -2.17. The molecule has 1 aromatic heterocycles. The number of rotatable bonds is 4. The molecule has 0 bridgehead atoms. The van der Waals surface area contributed by atoms with E-state index < -0.39 is 0 Å². The van der Waals surface area contributed by atoms with E-state index in [0.717, 1.165) is 19.4 Å². The Kier molecular flexibility index (Phi) is 3.53. The van der Waals surface area contributed by atoms with Crippen molar-refractivity contribution < 1.29 is 0 Å². The van der Waals surface area contributed by atoms with Crippen LogP contribution in [0.5, 0.6) is 0 Å². The summed E-state index contributed by atoms with van der Waals surface area (Å²) in [5.74, 6) is 0. The molecule has 2 nitrogen and oxygen atoms in total. The molecule has 0 spiro atoms. The van der Waals surface area contributed by atoms with Crippen LogP contribution in [0.15, 0.2) is 24.3 Å². The quantitative estimate of drug-likeness (QED) is 0.784. The lowest BCUT2D eigenvalue weighted by molar-refractivity contribution is 0.409. The molecule has 0 aliphatic carbocycles. The van der Waals surface area contributed by atoms with Gasteiger partial charge in [0.2, 0.25) is 0 Å². The fraction of sp³-hybridized carbons (Fsp3) is 0.467. The fourth-order valence-electron chi connectivity index (χ4n) is 2.57. The van der Waals surface area contributed by atoms with Crippen molar-refractivity contribution in [2.75, 3.05) is 20.6 Å². The Hall–Kier alpha value is -1.28. The summed E-state index contributed by atoms with van der Waals surface area (Å²) >= 11 is 0. The van der Waals surface area contributed by atoms with E-state index in [1.54, 1.807) is 0 Å². The Labute approximate surface area is 104 Å². The number of benzene rings is 1. The second kappa shape index (κ2) is 4.92. The number of nitrogens with zero attached hydrogens (tertiary/aromatic N) is 2. The van der Waals surface area contributed by atoms with Gasteiger partial charge in [0.25, 0.3) is 0 Å². The summed E-state index contributed by atoms with van der Waals surface area (Å²) in [4.78, 5) is 2.25. The van der Waals surface area contributed by atoms with Gasteiger partial charge in [0, 0.05) is 36.6 Å². The van der Waals surface area contributed by atoms with Crippen molar-refractivity contribution in [2.24, 2.45) is 7.05 Å². The minimum absolute atomic E-state index is 1.11. The molecular weight excluding hydrogens is 208 g/mol. The predicted molar refractivity (Wildman–Crippen MR) is 74.6 cm³/mol. The van der Waals surface area contributed by atoms with E-state index >= 15 is 0 Å². The van der Waals surface area contributed by atoms with E-state index in [1.165, 1.54) is 22.2 Å². The molecule has 0 aliphatic rings. The molecule has 2 aromatic rings. The predicted octanol–water partition coefficient (Wildman–Crippen LogP) is 2.84. The van der Waals surface area contributed by atoms with Crippen LogP contribution in [-0.2, 0) is 19.9 Å². The third-order valence-corrected chi connectivity index (χ3v) is 3.49. The van der Waals surface area contributed by atoms with Gasteiger partial charge in [0.1, 0.15) is 0 Å². The molecule has 0 atom stereocenters. The van der Waals surface area contributed by atoms with Crippen molar-refractivity contribution in [3.63, 3.8) is 0 Å². The Morgan fingerprint density at radius 2 is 1.88 bits per heavy atom. The van der Waals surface area contributed by atoms with Crippen LogP contribution in [0, 0.1) is 0 Å². The maximum absolute atomic E-state index is 2.36. The van der Waals surface area contributed by atoms with Crippen LogP contribution in [0.2, 0.25) is 0 Å². The van der Waals surface area contributed by atoms with Gasteiger partial charge in [0.05, 0.1) is 0 Å². The second-order valence-corrected chi connectivity index (χ2v) is 4.91. The summed E-state index contributed by atoms with van der Waals surface area (Å²) in [5, 5.41) is 1.42. The van der Waals surface area contributed by atoms with Gasteiger partial charge in [-0.15, -0.1) is 0 Å². The van der Waals surface area contributed by atoms with Crippen LogP contribution in [0.25, 0.3) is 10.9 Å². The van der Waals surface area contributed by atoms with Gasteiger partial charge in [-0.2, -0.15) is 0 Å². The molecule has 1 aromatic carbocycles. The Balaban J connectivity index is 2.49. The molecule has 0 fully saturated rings. The summed E-state index contributed by atoms with van der Waals surface area (Å²) in [5.41, 5.74) is 4.37. The van der Waals surface area contributed by atoms with E-state index in [4.69, 9.17) is 0 Å². The average Bonchev–Trinajstić information content (AvgIpc) is 2.60. The smallest absolute Gasteiger partial charge is 0.0482 e. The molecule has 0 saturated heterocycles. The fourth-order valence-corrected chi connectivity index (χ4v) is 2.57. The highest BCUT2D eigenvalue weighted by molar-refractivity contribution is 5.85. The van der Waals surface area contributed by atoms with Gasteiger partial charge in [-0.1, -0.05) is 25.1 Å². The normalized spacial score (nSPS) is 11.6. The maximum Gasteiger partial charge on any atom is 0.0482 e. The van der Waals surface area contributed by atoms with Crippen molar-refractivity contribution in [2.45, 2.75) is 19.8 Å². The van der Waals surface area contributed by atoms with Crippen LogP contribution in [0.1, 0.15) is 18.2 Å². The van der Waals surface area contributed by atoms with Crippen LogP contribution in [0.3, 0.4) is 0 Å². The second-order valence-electron chi connectivity index (χ2n) is 4.91. The van der Waals surface area contributed by atoms with Crippen LogP contribution >= 0.6 is 0 Å². The molecule has 17 heavy (non-hydrogen) atoms. The molecule has 0 amide bonds. The highest BCUT2D eigenvalue weighted by atomic mass is 15.1. The number of fused-ring (bicyclic) bond motifs is 1. The Bertz CT molecular complexity index is 509. The third kappa shape index (κ3) is 2.22. The van der Waals surface area contributed by atoms with Crippen molar-refractivity contribution >= 4 is 10.9 Å². The van der Waals surface area contributed by atoms with E-state index in [9.17, 15) is 0 Å². The van der Waals surface area contributed by atoms with Gasteiger partial charge in [-0.05, 0) is 32.1 Å². The van der Waals surface area contributed by atoms with Gasteiger partial charge in [0.15, 0.2) is 0 Å². The molecule has 2 rings (SSSR count). The van der Waals surface area contributed by atoms with E-state index in [-0.39, 0.29) is 0 Å². The summed E-state index contributed by atoms with van der Waals surface area (Å²) in [7, 11) is 6.45. The number of para-hydroxylation sites is 1. The number of hydrogen-bond acceptors (Lipinski definition) is 1. The van der Waals surface area contributed by atoms with Crippen molar-refractivity contribution in [3.8, 4) is 0 Å². The zero-order valence-corrected chi connectivity index (χ0v) is 11.3. The molecular formula is C15H22N2. The van der Waals surface area contributed by atoms with Crippen LogP contribution in [0.4, 0.5) is 0 Å². The number of aromatic nitrogens is 1. The SMILES string of the molecule is CCc1c(CCN(C)C)n(C)c2ccccc12. The lowest BCUT2D eigenvalue weighted by Gasteiger charge is -2.11. The minimum atomic E-state index is 1.11. The first-order valence-electron chi connectivity index (χ1n) is 6.35. The van der Waals surface area contributed by atoms with Gasteiger partial charge >= 0.3 is 0 Å². The number of aryl methyl sites for hydroxylation is 2. The first kappa shape index (κ1) is 12.2. The molecule has 0 saturated carbocycles. The standard InChI is InChI=1S/C15H22N2/c1-5-12-13-8-6-7-9-14(13)17(4)15(12)10-11-16(2)3/h6-9H,5,10-11H2,1-4H3. The molecule has 92 valence electrons. The van der Waals surface area contributed by atoms with E-state index in [1.807, 2.05) is 0 Å². The summed E-state index contributed by atoms with van der Waals surface area (Å²) in [6.45, 7) is 3.36. The Morgan fingerprint density at radius 1 is 1.18 bits per heavy atom.